The van der Waals surface area contributed by atoms with E-state index in [0.29, 0.717) is 17.6 Å². The minimum absolute atomic E-state index is 0.114. The van der Waals surface area contributed by atoms with Gasteiger partial charge in [0.1, 0.15) is 12.4 Å². The third-order valence-corrected chi connectivity index (χ3v) is 3.37. The highest BCUT2D eigenvalue weighted by atomic mass is 19.1. The topological polar surface area (TPSA) is 66.9 Å². The molecule has 0 atom stereocenters. The molecule has 0 saturated heterocycles. The molecule has 0 radical (unpaired) electrons. The number of hydrogen-bond acceptors (Lipinski definition) is 2. The highest BCUT2D eigenvalue weighted by Gasteiger charge is 2.11. The summed E-state index contributed by atoms with van der Waals surface area (Å²) in [4.78, 5) is 26.4. The molecule has 0 aliphatic heterocycles. The molecule has 3 aromatic rings. The van der Waals surface area contributed by atoms with Gasteiger partial charge in [-0.3, -0.25) is 9.36 Å². The summed E-state index contributed by atoms with van der Waals surface area (Å²) in [6, 6.07) is 13.5. The summed E-state index contributed by atoms with van der Waals surface area (Å²) in [7, 11) is 0. The lowest BCUT2D eigenvalue weighted by atomic mass is 10.2. The normalized spacial score (nSPS) is 10.8. The lowest BCUT2D eigenvalue weighted by molar-refractivity contribution is -0.121. The zero-order chi connectivity index (χ0) is 15.5. The molecule has 0 aliphatic carbocycles. The Labute approximate surface area is 125 Å². The van der Waals surface area contributed by atoms with Crippen molar-refractivity contribution in [2.75, 3.05) is 0 Å². The minimum Gasteiger partial charge on any atom is -0.350 e. The zero-order valence-corrected chi connectivity index (χ0v) is 11.7. The predicted molar refractivity (Wildman–Crippen MR) is 80.8 cm³/mol. The molecular formula is C16H14FN3O2. The zero-order valence-electron chi connectivity index (χ0n) is 11.7. The van der Waals surface area contributed by atoms with E-state index in [9.17, 15) is 14.0 Å². The standard InChI is InChI=1S/C16H14FN3O2/c17-12-6-7-14-13(8-12)19-16(22)20(14)10-15(21)18-9-11-4-2-1-3-5-11/h1-8H,9-10H2,(H,18,21)(H,19,22). The van der Waals surface area contributed by atoms with Crippen molar-refractivity contribution < 1.29 is 9.18 Å². The molecule has 0 fully saturated rings. The number of benzene rings is 2. The quantitative estimate of drug-likeness (QED) is 0.771. The molecule has 112 valence electrons. The number of H-pyrrole nitrogens is 1. The van der Waals surface area contributed by atoms with Crippen molar-refractivity contribution in [3.63, 3.8) is 0 Å². The van der Waals surface area contributed by atoms with Gasteiger partial charge >= 0.3 is 5.69 Å². The maximum absolute atomic E-state index is 13.1. The molecule has 0 saturated carbocycles. The molecule has 6 heteroatoms. The van der Waals surface area contributed by atoms with Crippen LogP contribution in [0.3, 0.4) is 0 Å². The van der Waals surface area contributed by atoms with Crippen LogP contribution in [0.15, 0.2) is 53.3 Å². The van der Waals surface area contributed by atoms with E-state index in [1.165, 1.54) is 22.8 Å². The van der Waals surface area contributed by atoms with Gasteiger partial charge in [-0.25, -0.2) is 9.18 Å². The molecule has 5 nitrogen and oxygen atoms in total. The molecule has 3 rings (SSSR count). The highest BCUT2D eigenvalue weighted by Crippen LogP contribution is 2.11. The summed E-state index contributed by atoms with van der Waals surface area (Å²) in [6.07, 6.45) is 0. The smallest absolute Gasteiger partial charge is 0.326 e. The maximum Gasteiger partial charge on any atom is 0.326 e. The number of amides is 1. The van der Waals surface area contributed by atoms with Crippen molar-refractivity contribution >= 4 is 16.9 Å². The summed E-state index contributed by atoms with van der Waals surface area (Å²) in [5.74, 6) is -0.717. The van der Waals surface area contributed by atoms with Crippen LogP contribution in [0, 0.1) is 5.82 Å². The van der Waals surface area contributed by atoms with Crippen LogP contribution < -0.4 is 11.0 Å². The Balaban J connectivity index is 1.74. The van der Waals surface area contributed by atoms with Crippen molar-refractivity contribution in [2.24, 2.45) is 0 Å². The Morgan fingerprint density at radius 1 is 1.18 bits per heavy atom. The number of rotatable bonds is 4. The van der Waals surface area contributed by atoms with Crippen LogP contribution in [0.2, 0.25) is 0 Å². The monoisotopic (exact) mass is 299 g/mol. The minimum atomic E-state index is -0.436. The van der Waals surface area contributed by atoms with Crippen LogP contribution in [-0.2, 0) is 17.9 Å². The van der Waals surface area contributed by atoms with E-state index in [1.807, 2.05) is 30.3 Å². The molecule has 0 bridgehead atoms. The van der Waals surface area contributed by atoms with Crippen LogP contribution in [0.1, 0.15) is 5.56 Å². The highest BCUT2D eigenvalue weighted by molar-refractivity contribution is 5.80. The molecule has 22 heavy (non-hydrogen) atoms. The molecule has 1 aromatic heterocycles. The van der Waals surface area contributed by atoms with Crippen molar-refractivity contribution in [1.82, 2.24) is 14.9 Å². The van der Waals surface area contributed by atoms with Gasteiger partial charge in [0.05, 0.1) is 11.0 Å². The third kappa shape index (κ3) is 2.90. The molecule has 0 unspecified atom stereocenters. The summed E-state index contributed by atoms with van der Waals surface area (Å²) in [5, 5.41) is 2.75. The molecule has 1 amide bonds. The fraction of sp³-hybridized carbons (Fsp3) is 0.125. The third-order valence-electron chi connectivity index (χ3n) is 3.37. The van der Waals surface area contributed by atoms with Gasteiger partial charge in [0.2, 0.25) is 5.91 Å². The Hall–Kier alpha value is -2.89. The summed E-state index contributed by atoms with van der Waals surface area (Å²) in [5.41, 5.74) is 1.42. The van der Waals surface area contributed by atoms with Crippen LogP contribution in [-0.4, -0.2) is 15.5 Å². The first-order valence-electron chi connectivity index (χ1n) is 6.82. The van der Waals surface area contributed by atoms with Gasteiger partial charge in [-0.2, -0.15) is 0 Å². The largest absolute Gasteiger partial charge is 0.350 e. The number of aromatic amines is 1. The SMILES string of the molecule is O=C(Cn1c(=O)[nH]c2cc(F)ccc21)NCc1ccccc1. The second kappa shape index (κ2) is 5.85. The van der Waals surface area contributed by atoms with Crippen LogP contribution in [0.5, 0.6) is 0 Å². The Morgan fingerprint density at radius 3 is 2.73 bits per heavy atom. The summed E-state index contributed by atoms with van der Waals surface area (Å²) in [6.45, 7) is 0.280. The number of halogens is 1. The number of carbonyl (C=O) groups is 1. The second-order valence-corrected chi connectivity index (χ2v) is 4.94. The summed E-state index contributed by atoms with van der Waals surface area (Å²) < 4.78 is 14.4. The van der Waals surface area contributed by atoms with E-state index in [0.717, 1.165) is 5.56 Å². The van der Waals surface area contributed by atoms with Gasteiger partial charge in [-0.15, -0.1) is 0 Å². The number of hydrogen-bond donors (Lipinski definition) is 2. The maximum atomic E-state index is 13.1. The Morgan fingerprint density at radius 2 is 1.95 bits per heavy atom. The number of nitrogens with one attached hydrogen (secondary N) is 2. The van der Waals surface area contributed by atoms with Crippen molar-refractivity contribution in [2.45, 2.75) is 13.1 Å². The fourth-order valence-electron chi connectivity index (χ4n) is 2.29. The van der Waals surface area contributed by atoms with Crippen molar-refractivity contribution in [1.29, 1.82) is 0 Å². The van der Waals surface area contributed by atoms with Crippen LogP contribution in [0.4, 0.5) is 4.39 Å². The van der Waals surface area contributed by atoms with E-state index >= 15 is 0 Å². The molecule has 2 aromatic carbocycles. The van der Waals surface area contributed by atoms with Crippen LogP contribution in [0.25, 0.3) is 11.0 Å². The average molecular weight is 299 g/mol. The predicted octanol–water partition coefficient (Wildman–Crippen LogP) is 1.79. The van der Waals surface area contributed by atoms with Crippen molar-refractivity contribution in [3.05, 3.63) is 70.4 Å². The average Bonchev–Trinajstić information content (AvgIpc) is 2.81. The van der Waals surface area contributed by atoms with Gasteiger partial charge in [-0.05, 0) is 23.8 Å². The molecule has 1 heterocycles. The first-order valence-corrected chi connectivity index (χ1v) is 6.82. The number of nitrogens with zero attached hydrogens (tertiary/aromatic N) is 1. The first kappa shape index (κ1) is 14.1. The lowest BCUT2D eigenvalue weighted by Gasteiger charge is -2.06. The van der Waals surface area contributed by atoms with Gasteiger partial charge < -0.3 is 10.3 Å². The van der Waals surface area contributed by atoms with Crippen molar-refractivity contribution in [3.8, 4) is 0 Å². The van der Waals surface area contributed by atoms with Gasteiger partial charge in [-0.1, -0.05) is 30.3 Å². The molecule has 0 aliphatic rings. The number of fused-ring (bicyclic) bond motifs is 1. The van der Waals surface area contributed by atoms with Gasteiger partial charge in [0.25, 0.3) is 0 Å². The molecule has 0 spiro atoms. The molecule has 2 N–H and O–H groups in total. The number of aromatic nitrogens is 2. The second-order valence-electron chi connectivity index (χ2n) is 4.94. The number of imidazole rings is 1. The van der Waals surface area contributed by atoms with Gasteiger partial charge in [0.15, 0.2) is 0 Å². The lowest BCUT2D eigenvalue weighted by Crippen LogP contribution is -2.30. The van der Waals surface area contributed by atoms with E-state index in [2.05, 4.69) is 10.3 Å². The number of carbonyl (C=O) groups excluding carboxylic acids is 1. The first-order chi connectivity index (χ1) is 10.6. The van der Waals surface area contributed by atoms with E-state index in [-0.39, 0.29) is 12.5 Å². The van der Waals surface area contributed by atoms with E-state index in [1.54, 1.807) is 0 Å². The van der Waals surface area contributed by atoms with Gasteiger partial charge in [0, 0.05) is 6.54 Å². The Kier molecular flexibility index (Phi) is 3.74. The van der Waals surface area contributed by atoms with E-state index < -0.39 is 11.5 Å². The van der Waals surface area contributed by atoms with Crippen LogP contribution >= 0.6 is 0 Å². The molecular weight excluding hydrogens is 285 g/mol. The fourth-order valence-corrected chi connectivity index (χ4v) is 2.29. The van der Waals surface area contributed by atoms with E-state index in [4.69, 9.17) is 0 Å². The Bertz CT molecular complexity index is 868. The summed E-state index contributed by atoms with van der Waals surface area (Å²) >= 11 is 0.